The molecule has 98 valence electrons. The van der Waals surface area contributed by atoms with Gasteiger partial charge in [-0.2, -0.15) is 0 Å². The van der Waals surface area contributed by atoms with E-state index in [1.54, 1.807) is 6.92 Å². The first-order valence-electron chi connectivity index (χ1n) is 6.52. The molecule has 1 aromatic carbocycles. The van der Waals surface area contributed by atoms with Crippen LogP contribution in [0.3, 0.4) is 0 Å². The lowest BCUT2D eigenvalue weighted by atomic mass is 10.1. The minimum absolute atomic E-state index is 0.121. The first-order chi connectivity index (χ1) is 8.54. The summed E-state index contributed by atoms with van der Waals surface area (Å²) in [6.45, 7) is 8.69. The van der Waals surface area contributed by atoms with Crippen LogP contribution in [0.4, 0.5) is 0 Å². The second-order valence-corrected chi connectivity index (χ2v) is 5.20. The first-order valence-corrected chi connectivity index (χ1v) is 6.52. The van der Waals surface area contributed by atoms with Gasteiger partial charge in [0.15, 0.2) is 5.78 Å². The topological polar surface area (TPSA) is 29.5 Å². The number of rotatable bonds is 3. The molecule has 0 amide bonds. The number of carbonyl (C=O) groups is 1. The zero-order valence-corrected chi connectivity index (χ0v) is 11.3. The fourth-order valence-corrected chi connectivity index (χ4v) is 2.52. The van der Waals surface area contributed by atoms with Gasteiger partial charge in [-0.3, -0.25) is 9.69 Å². The van der Waals surface area contributed by atoms with E-state index in [1.807, 2.05) is 24.3 Å². The molecule has 2 atom stereocenters. The maximum atomic E-state index is 11.2. The van der Waals surface area contributed by atoms with E-state index in [9.17, 15) is 4.79 Å². The summed E-state index contributed by atoms with van der Waals surface area (Å²) in [5.74, 6) is 0.121. The van der Waals surface area contributed by atoms with Gasteiger partial charge in [0.05, 0.1) is 12.2 Å². The third-order valence-electron chi connectivity index (χ3n) is 3.26. The van der Waals surface area contributed by atoms with E-state index in [4.69, 9.17) is 4.74 Å². The molecular formula is C15H21NO2. The van der Waals surface area contributed by atoms with Gasteiger partial charge >= 0.3 is 0 Å². The van der Waals surface area contributed by atoms with Gasteiger partial charge in [-0.25, -0.2) is 0 Å². The van der Waals surface area contributed by atoms with Crippen LogP contribution < -0.4 is 0 Å². The van der Waals surface area contributed by atoms with Gasteiger partial charge in [-0.15, -0.1) is 0 Å². The van der Waals surface area contributed by atoms with Crippen LogP contribution in [0.15, 0.2) is 24.3 Å². The molecule has 1 aliphatic rings. The van der Waals surface area contributed by atoms with Crippen LogP contribution >= 0.6 is 0 Å². The summed E-state index contributed by atoms with van der Waals surface area (Å²) in [6, 6.07) is 7.90. The normalized spacial score (nSPS) is 25.1. The first kappa shape index (κ1) is 13.2. The van der Waals surface area contributed by atoms with Crippen molar-refractivity contribution in [1.82, 2.24) is 4.90 Å². The van der Waals surface area contributed by atoms with Crippen LogP contribution in [0.5, 0.6) is 0 Å². The summed E-state index contributed by atoms with van der Waals surface area (Å²) in [5.41, 5.74) is 2.03. The van der Waals surface area contributed by atoms with Gasteiger partial charge in [0, 0.05) is 25.2 Å². The predicted octanol–water partition coefficient (Wildman–Crippen LogP) is 2.50. The molecule has 1 fully saturated rings. The molecule has 1 aromatic rings. The zero-order chi connectivity index (χ0) is 13.1. The number of hydrogen-bond acceptors (Lipinski definition) is 3. The van der Waals surface area contributed by atoms with Crippen LogP contribution in [-0.2, 0) is 11.3 Å². The lowest BCUT2D eigenvalue weighted by Gasteiger charge is -2.35. The van der Waals surface area contributed by atoms with Crippen LogP contribution in [0.25, 0.3) is 0 Å². The fourth-order valence-electron chi connectivity index (χ4n) is 2.52. The quantitative estimate of drug-likeness (QED) is 0.769. The molecule has 0 aliphatic carbocycles. The van der Waals surface area contributed by atoms with Crippen molar-refractivity contribution in [1.29, 1.82) is 0 Å². The third-order valence-corrected chi connectivity index (χ3v) is 3.26. The maximum Gasteiger partial charge on any atom is 0.159 e. The van der Waals surface area contributed by atoms with Crippen molar-refractivity contribution in [2.45, 2.75) is 39.5 Å². The molecule has 0 spiro atoms. The van der Waals surface area contributed by atoms with E-state index < -0.39 is 0 Å². The molecule has 1 saturated heterocycles. The number of benzene rings is 1. The second kappa shape index (κ2) is 5.63. The molecule has 0 unspecified atom stereocenters. The van der Waals surface area contributed by atoms with E-state index in [2.05, 4.69) is 18.7 Å². The van der Waals surface area contributed by atoms with Crippen molar-refractivity contribution in [2.75, 3.05) is 13.1 Å². The molecule has 2 rings (SSSR count). The fraction of sp³-hybridized carbons (Fsp3) is 0.533. The van der Waals surface area contributed by atoms with Gasteiger partial charge in [0.2, 0.25) is 0 Å². The number of ether oxygens (including phenoxy) is 1. The predicted molar refractivity (Wildman–Crippen MR) is 71.7 cm³/mol. The summed E-state index contributed by atoms with van der Waals surface area (Å²) in [7, 11) is 0. The summed E-state index contributed by atoms with van der Waals surface area (Å²) in [6.07, 6.45) is 0.593. The van der Waals surface area contributed by atoms with E-state index >= 15 is 0 Å². The highest BCUT2D eigenvalue weighted by molar-refractivity contribution is 5.93. The van der Waals surface area contributed by atoms with Crippen LogP contribution in [0.1, 0.15) is 36.7 Å². The molecule has 0 saturated carbocycles. The molecule has 0 bridgehead atoms. The summed E-state index contributed by atoms with van der Waals surface area (Å²) in [4.78, 5) is 13.6. The Morgan fingerprint density at radius 2 is 1.78 bits per heavy atom. The number of Topliss-reactive ketones (excluding diaryl/α,β-unsaturated/α-hetero) is 1. The second-order valence-electron chi connectivity index (χ2n) is 5.20. The number of nitrogens with zero attached hydrogens (tertiary/aromatic N) is 1. The lowest BCUT2D eigenvalue weighted by molar-refractivity contribution is -0.0704. The Hall–Kier alpha value is -1.19. The lowest BCUT2D eigenvalue weighted by Crippen LogP contribution is -2.44. The van der Waals surface area contributed by atoms with Crippen molar-refractivity contribution < 1.29 is 9.53 Å². The third kappa shape index (κ3) is 3.40. The minimum atomic E-state index is 0.121. The highest BCUT2D eigenvalue weighted by Gasteiger charge is 2.21. The Labute approximate surface area is 109 Å². The van der Waals surface area contributed by atoms with Crippen molar-refractivity contribution >= 4 is 5.78 Å². The Bertz CT molecular complexity index is 403. The number of morpholine rings is 1. The highest BCUT2D eigenvalue weighted by Crippen LogP contribution is 2.14. The molecule has 3 heteroatoms. The largest absolute Gasteiger partial charge is 0.373 e. The minimum Gasteiger partial charge on any atom is -0.373 e. The Morgan fingerprint density at radius 3 is 2.28 bits per heavy atom. The van der Waals surface area contributed by atoms with E-state index in [0.29, 0.717) is 12.2 Å². The van der Waals surface area contributed by atoms with Gasteiger partial charge in [0.1, 0.15) is 0 Å². The molecule has 0 N–H and O–H groups in total. The summed E-state index contributed by atoms with van der Waals surface area (Å²) in [5, 5.41) is 0. The number of hydrogen-bond donors (Lipinski definition) is 0. The van der Waals surface area contributed by atoms with Crippen LogP contribution in [-0.4, -0.2) is 36.0 Å². The van der Waals surface area contributed by atoms with Crippen LogP contribution in [0, 0.1) is 0 Å². The number of carbonyl (C=O) groups excluding carboxylic acids is 1. The molecule has 1 heterocycles. The van der Waals surface area contributed by atoms with E-state index in [-0.39, 0.29) is 5.78 Å². The van der Waals surface area contributed by atoms with Crippen molar-refractivity contribution in [3.05, 3.63) is 35.4 Å². The molecule has 18 heavy (non-hydrogen) atoms. The molecule has 0 radical (unpaired) electrons. The van der Waals surface area contributed by atoms with Gasteiger partial charge < -0.3 is 4.74 Å². The summed E-state index contributed by atoms with van der Waals surface area (Å²) >= 11 is 0. The van der Waals surface area contributed by atoms with E-state index in [1.165, 1.54) is 5.56 Å². The highest BCUT2D eigenvalue weighted by atomic mass is 16.5. The Morgan fingerprint density at radius 1 is 1.22 bits per heavy atom. The van der Waals surface area contributed by atoms with Crippen molar-refractivity contribution in [3.63, 3.8) is 0 Å². The Balaban J connectivity index is 1.98. The molecule has 1 aliphatic heterocycles. The SMILES string of the molecule is CC(=O)c1ccc(CN2C[C@@H](C)O[C@@H](C)C2)cc1. The van der Waals surface area contributed by atoms with Gasteiger partial charge in [-0.1, -0.05) is 24.3 Å². The Kier molecular flexibility index (Phi) is 4.15. The number of ketones is 1. The molecular weight excluding hydrogens is 226 g/mol. The van der Waals surface area contributed by atoms with Gasteiger partial charge in [0.25, 0.3) is 0 Å². The average molecular weight is 247 g/mol. The van der Waals surface area contributed by atoms with Crippen molar-refractivity contribution in [2.24, 2.45) is 0 Å². The smallest absolute Gasteiger partial charge is 0.159 e. The maximum absolute atomic E-state index is 11.2. The van der Waals surface area contributed by atoms with Crippen molar-refractivity contribution in [3.8, 4) is 0 Å². The molecule has 0 aromatic heterocycles. The zero-order valence-electron chi connectivity index (χ0n) is 11.3. The molecule has 3 nitrogen and oxygen atoms in total. The van der Waals surface area contributed by atoms with E-state index in [0.717, 1.165) is 25.2 Å². The average Bonchev–Trinajstić information content (AvgIpc) is 2.28. The summed E-state index contributed by atoms with van der Waals surface area (Å²) < 4.78 is 5.72. The standard InChI is InChI=1S/C15H21NO2/c1-11-8-16(9-12(2)18-11)10-14-4-6-15(7-5-14)13(3)17/h4-7,11-12H,8-10H2,1-3H3/t11-,12+. The van der Waals surface area contributed by atoms with Gasteiger partial charge in [-0.05, 0) is 26.3 Å². The van der Waals surface area contributed by atoms with Crippen LogP contribution in [0.2, 0.25) is 0 Å². The monoisotopic (exact) mass is 247 g/mol.